The van der Waals surface area contributed by atoms with Crippen LogP contribution in [-0.2, 0) is 141 Å². The predicted molar refractivity (Wildman–Crippen MR) is 312 cm³/mol. The number of hydrogen-bond acceptors (Lipinski definition) is 14. The molecule has 468 valence electrons. The summed E-state index contributed by atoms with van der Waals surface area (Å²) < 4.78 is 67.7. The molecule has 0 aliphatic carbocycles. The van der Waals surface area contributed by atoms with Gasteiger partial charge in [-0.05, 0) is 157 Å². The van der Waals surface area contributed by atoms with Crippen LogP contribution in [0.25, 0.3) is 45.1 Å². The second-order valence-corrected chi connectivity index (χ2v) is 27.7. The fourth-order valence-corrected chi connectivity index (χ4v) is 13.8. The van der Waals surface area contributed by atoms with Gasteiger partial charge in [0.1, 0.15) is 41.8 Å². The minimum atomic E-state index is -4.75. The van der Waals surface area contributed by atoms with Crippen LogP contribution in [0.1, 0.15) is 66.8 Å². The van der Waals surface area contributed by atoms with E-state index in [1.807, 2.05) is 84.9 Å². The number of benzene rings is 4. The summed E-state index contributed by atoms with van der Waals surface area (Å²) in [4.78, 5) is 142. The van der Waals surface area contributed by atoms with Crippen molar-refractivity contribution in [1.29, 1.82) is 0 Å². The molecule has 0 radical (unpaired) electrons. The molecule has 4 unspecified atom stereocenters. The van der Waals surface area contributed by atoms with Crippen molar-refractivity contribution in [1.82, 2.24) is 29.9 Å². The van der Waals surface area contributed by atoms with E-state index in [0.717, 1.165) is 45.1 Å². The third-order valence-electron chi connectivity index (χ3n) is 12.2. The maximum absolute atomic E-state index is 11.3. The topological polar surface area (TPSA) is 635 Å². The Hall–Kier alpha value is -3.38. The Labute approximate surface area is 533 Å². The van der Waals surface area contributed by atoms with E-state index in [1.54, 1.807) is 12.4 Å². The van der Waals surface area contributed by atoms with E-state index < -0.39 is 82.5 Å². The summed E-state index contributed by atoms with van der Waals surface area (Å²) in [6.07, 6.45) is -1.12. The molecule has 0 aliphatic heterocycles. The van der Waals surface area contributed by atoms with Gasteiger partial charge in [0.05, 0.1) is 34.4 Å². The van der Waals surface area contributed by atoms with Gasteiger partial charge in [0.25, 0.3) is 0 Å². The molecule has 0 fully saturated rings. The van der Waals surface area contributed by atoms with Gasteiger partial charge < -0.3 is 120 Å². The summed E-state index contributed by atoms with van der Waals surface area (Å²) in [5.41, 5.74) is 7.67. The summed E-state index contributed by atoms with van der Waals surface area (Å²) in [7, 11) is -28.0. The molecule has 0 aliphatic rings. The van der Waals surface area contributed by atoms with E-state index in [4.69, 9.17) is 19.6 Å². The van der Waals surface area contributed by atoms with Crippen molar-refractivity contribution in [3.05, 3.63) is 164 Å². The molecule has 4 atom stereocenters. The van der Waals surface area contributed by atoms with Crippen LogP contribution < -0.4 is 19.6 Å². The molecule has 8 aromatic rings. The average Bonchev–Trinajstić information content (AvgIpc) is 2.02. The molecule has 0 bridgehead atoms. The molecule has 30 nitrogen and oxygen atoms in total. The molecule has 0 spiro atoms. The summed E-state index contributed by atoms with van der Waals surface area (Å²) in [6.45, 7) is 8.62. The largest absolute Gasteiger partial charge is 2.00 e. The van der Waals surface area contributed by atoms with Crippen molar-refractivity contribution in [3.63, 3.8) is 0 Å². The molecule has 26 N–H and O–H groups in total. The zero-order chi connectivity index (χ0) is 58.3. The quantitative estimate of drug-likeness (QED) is 0.0406. The first-order chi connectivity index (χ1) is 35.9. The molecule has 0 saturated carbocycles. The second kappa shape index (κ2) is 36.5. The average molecular weight is 1530 g/mol. The number of hydrogen-bond donors (Lipinski definition) is 10. The SMILES string of the molecule is Cc1c(CP(=O)([O-])O)c(C)c(CP(=O)(O)O)c(C)c1CP(=O)([O-])O.Cc1c(CP(=O)([O-])O)c(C)c(CP(=O)(O)O)c(C)c1CP(=O)([O-])O.O.O.[Cd+2].[Cd+2].[OH3+].[OH3+].[OH3+].[OH3+].c1ccc(-c2nc3ccccc3[nH]2)nc1.c1ccc(-c2nc3ccccc3[nH]2)nc1. The Morgan fingerprint density at radius 3 is 0.791 bits per heavy atom. The van der Waals surface area contributed by atoms with Crippen molar-refractivity contribution in [2.45, 2.75) is 78.5 Å². The number of fused-ring (bicyclic) bond motifs is 2. The van der Waals surface area contributed by atoms with E-state index in [1.165, 1.54) is 41.5 Å². The zero-order valence-corrected chi connectivity index (χ0v) is 60.8. The first kappa shape index (κ1) is 89.0. The monoisotopic (exact) mass is 1530 g/mol. The Bertz CT molecular complexity index is 3200. The van der Waals surface area contributed by atoms with Gasteiger partial charge >= 0.3 is 69.8 Å². The normalized spacial score (nSPS) is 13.4. The maximum Gasteiger partial charge on any atom is 2.00 e. The summed E-state index contributed by atoms with van der Waals surface area (Å²) >= 11 is 0. The van der Waals surface area contributed by atoms with Gasteiger partial charge in [0.2, 0.25) is 0 Å². The number of pyridine rings is 2. The Kier molecular flexibility index (Phi) is 37.8. The van der Waals surface area contributed by atoms with Gasteiger partial charge in [-0.2, -0.15) is 0 Å². The molecule has 0 saturated heterocycles. The van der Waals surface area contributed by atoms with Crippen molar-refractivity contribution >= 4 is 67.6 Å². The fraction of sp³-hybridized carbons (Fsp3) is 0.250. The Balaban J connectivity index is -0.000000514. The number of nitrogens with zero attached hydrogens (tertiary/aromatic N) is 4. The van der Waals surface area contributed by atoms with Crippen molar-refractivity contribution in [2.24, 2.45) is 0 Å². The van der Waals surface area contributed by atoms with Gasteiger partial charge in [-0.3, -0.25) is 19.1 Å². The van der Waals surface area contributed by atoms with Gasteiger partial charge in [-0.15, -0.1) is 0 Å². The van der Waals surface area contributed by atoms with Crippen molar-refractivity contribution in [3.8, 4) is 23.0 Å². The number of imidazole rings is 2. The molecular weight excluding hydrogens is 1460 g/mol. The van der Waals surface area contributed by atoms with Crippen LogP contribution in [-0.4, -0.2) is 80.0 Å². The second-order valence-electron chi connectivity index (χ2n) is 18.1. The molecule has 0 amide bonds. The first-order valence-corrected chi connectivity index (χ1v) is 33.7. The number of para-hydroxylation sites is 4. The predicted octanol–water partition coefficient (Wildman–Crippen LogP) is 0.670. The molecule has 4 aromatic heterocycles. The number of H-pyrrole nitrogens is 2. The van der Waals surface area contributed by atoms with Crippen LogP contribution in [0.4, 0.5) is 0 Å². The van der Waals surface area contributed by atoms with Crippen LogP contribution in [0.3, 0.4) is 0 Å². The van der Waals surface area contributed by atoms with Crippen LogP contribution in [0.5, 0.6) is 0 Å². The van der Waals surface area contributed by atoms with Crippen LogP contribution in [0, 0.1) is 41.5 Å². The molecular formula is C48H72Cd2N6O24P6+4. The number of rotatable bonds is 14. The van der Waals surface area contributed by atoms with Crippen LogP contribution in [0.15, 0.2) is 97.3 Å². The minimum absolute atomic E-state index is 0. The van der Waals surface area contributed by atoms with Crippen LogP contribution in [0.2, 0.25) is 0 Å². The minimum Gasteiger partial charge on any atom is -0.778 e. The van der Waals surface area contributed by atoms with Gasteiger partial charge in [-0.1, -0.05) is 36.4 Å². The number of aromatic amines is 2. The first-order valence-electron chi connectivity index (χ1n) is 23.0. The van der Waals surface area contributed by atoms with E-state index in [2.05, 4.69) is 29.9 Å². The molecule has 38 heteroatoms. The van der Waals surface area contributed by atoms with E-state index in [0.29, 0.717) is 0 Å². The third-order valence-corrected chi connectivity index (χ3v) is 16.5. The maximum atomic E-state index is 11.3. The smallest absolute Gasteiger partial charge is 0.778 e. The molecule has 4 aromatic carbocycles. The van der Waals surface area contributed by atoms with E-state index >= 15 is 0 Å². The number of nitrogens with one attached hydrogen (secondary N) is 2. The standard InChI is InChI=1S/2C12H9N3.2C12H21O9P3.2Cd.6H2O/c2*1-2-6-10-9(5-1)14-12(15-10)11-7-3-4-8-13-11;2*1-7-10(4-22(13,14)15)8(2)12(6-24(19,20)21)9(3)11(7)5-23(16,17)18;;;;;;;;/h2*1-8H,(H,14,15);2*4-6H2,1-3H3,(H2,13,14,15)(H2,16,17,18)(H2,19,20,21);;;6*1H2/q;;;;2*+2;;;;;;. The van der Waals surface area contributed by atoms with Gasteiger partial charge in [-0.25, -0.2) is 9.97 Å². The molecule has 4 heterocycles. The molecule has 86 heavy (non-hydrogen) atoms. The number of aromatic nitrogens is 6. The van der Waals surface area contributed by atoms with Gasteiger partial charge in [0, 0.05) is 37.0 Å². The van der Waals surface area contributed by atoms with E-state index in [9.17, 15) is 66.5 Å². The fourth-order valence-electron chi connectivity index (χ4n) is 8.57. The zero-order valence-electron chi connectivity index (χ0n) is 47.3. The van der Waals surface area contributed by atoms with Crippen molar-refractivity contribution in [2.75, 3.05) is 0 Å². The van der Waals surface area contributed by atoms with E-state index in [-0.39, 0.29) is 154 Å². The summed E-state index contributed by atoms with van der Waals surface area (Å²) in [5.74, 6) is 1.63. The summed E-state index contributed by atoms with van der Waals surface area (Å²) in [6, 6.07) is 27.5. The van der Waals surface area contributed by atoms with Crippen molar-refractivity contribution < 1.29 is 174 Å². The Morgan fingerprint density at radius 1 is 0.372 bits per heavy atom. The van der Waals surface area contributed by atoms with Gasteiger partial charge in [0.15, 0.2) is 11.6 Å². The van der Waals surface area contributed by atoms with Crippen LogP contribution >= 0.6 is 45.6 Å². The Morgan fingerprint density at radius 2 is 0.593 bits per heavy atom. The third kappa shape index (κ3) is 27.4. The molecule has 8 rings (SSSR count). The summed E-state index contributed by atoms with van der Waals surface area (Å²) in [5, 5.41) is 0.